The van der Waals surface area contributed by atoms with E-state index in [9.17, 15) is 0 Å². The molecule has 0 heterocycles. The van der Waals surface area contributed by atoms with E-state index in [1.807, 2.05) is 0 Å². The van der Waals surface area contributed by atoms with Gasteiger partial charge in [0.15, 0.2) is 0 Å². The zero-order valence-electron chi connectivity index (χ0n) is 8.81. The van der Waals surface area contributed by atoms with Crippen LogP contribution in [-0.2, 0) is 8.85 Å². The van der Waals surface area contributed by atoms with Crippen LogP contribution in [0.1, 0.15) is 20.3 Å². The van der Waals surface area contributed by atoms with E-state index in [1.54, 1.807) is 14.2 Å². The maximum Gasteiger partial charge on any atom is 0.351 e. The molecule has 0 rings (SSSR count). The average molecular weight is 191 g/mol. The van der Waals surface area contributed by atoms with Gasteiger partial charge in [0, 0.05) is 14.2 Å². The van der Waals surface area contributed by atoms with Gasteiger partial charge in [-0.15, -0.1) is 0 Å². The largest absolute Gasteiger partial charge is 0.397 e. The molecule has 1 unspecified atom stereocenters. The summed E-state index contributed by atoms with van der Waals surface area (Å²) in [5.74, 6) is 0. The van der Waals surface area contributed by atoms with Gasteiger partial charge in [0.25, 0.3) is 0 Å². The lowest BCUT2D eigenvalue weighted by Gasteiger charge is -2.31. The van der Waals surface area contributed by atoms with Gasteiger partial charge >= 0.3 is 8.56 Å². The summed E-state index contributed by atoms with van der Waals surface area (Å²) < 4.78 is 10.9. The Balaban J connectivity index is 4.21. The monoisotopic (exact) mass is 191 g/mol. The molecule has 3 nitrogen and oxygen atoms in total. The predicted molar refractivity (Wildman–Crippen MR) is 53.4 cm³/mol. The van der Waals surface area contributed by atoms with Crippen LogP contribution in [0, 0.1) is 0 Å². The first-order valence-corrected chi connectivity index (χ1v) is 6.87. The molecule has 0 aromatic carbocycles. The number of rotatable bonds is 6. The summed E-state index contributed by atoms with van der Waals surface area (Å²) in [7, 11) is 1.50. The highest BCUT2D eigenvalue weighted by Gasteiger charge is 2.37. The third-order valence-corrected chi connectivity index (χ3v) is 5.80. The highest BCUT2D eigenvalue weighted by Crippen LogP contribution is 2.12. The minimum Gasteiger partial charge on any atom is -0.397 e. The lowest BCUT2D eigenvalue weighted by Crippen LogP contribution is -2.56. The van der Waals surface area contributed by atoms with Crippen molar-refractivity contribution in [2.75, 3.05) is 20.8 Å². The van der Waals surface area contributed by atoms with Crippen molar-refractivity contribution in [1.29, 1.82) is 0 Å². The summed E-state index contributed by atoms with van der Waals surface area (Å²) in [5.41, 5.74) is 0.387. The van der Waals surface area contributed by atoms with E-state index in [1.165, 1.54) is 0 Å². The minimum absolute atomic E-state index is 0.387. The second kappa shape index (κ2) is 5.69. The molecule has 12 heavy (non-hydrogen) atoms. The molecule has 0 aliphatic heterocycles. The molecule has 1 atom stereocenters. The van der Waals surface area contributed by atoms with E-state index in [0.29, 0.717) is 5.67 Å². The molecule has 0 aromatic rings. The molecule has 1 N–H and O–H groups in total. The van der Waals surface area contributed by atoms with Crippen molar-refractivity contribution in [2.45, 2.75) is 32.5 Å². The normalized spacial score (nSPS) is 14.8. The lowest BCUT2D eigenvalue weighted by molar-refractivity contribution is 0.229. The van der Waals surface area contributed by atoms with Crippen molar-refractivity contribution in [3.8, 4) is 0 Å². The van der Waals surface area contributed by atoms with Crippen LogP contribution < -0.4 is 5.32 Å². The molecular weight excluding hydrogens is 170 g/mol. The third-order valence-electron chi connectivity index (χ3n) is 2.30. The molecule has 0 aliphatic rings. The predicted octanol–water partition coefficient (Wildman–Crippen LogP) is 1.28. The van der Waals surface area contributed by atoms with Gasteiger partial charge in [-0.1, -0.05) is 13.8 Å². The van der Waals surface area contributed by atoms with Crippen molar-refractivity contribution in [2.24, 2.45) is 0 Å². The van der Waals surface area contributed by atoms with Gasteiger partial charge in [0.1, 0.15) is 0 Å². The second-order valence-electron chi connectivity index (χ2n) is 2.94. The topological polar surface area (TPSA) is 30.5 Å². The zero-order valence-corrected chi connectivity index (χ0v) is 9.81. The van der Waals surface area contributed by atoms with E-state index in [4.69, 9.17) is 8.85 Å². The summed E-state index contributed by atoms with van der Waals surface area (Å²) in [6.45, 7) is 7.30. The lowest BCUT2D eigenvalue weighted by atomic mass is 10.5. The standard InChI is InChI=1S/C8H21NO2Si/c1-6-8(9-7-2)12(5,10-3)11-4/h8-9H,6-7H2,1-5H3. The van der Waals surface area contributed by atoms with Crippen LogP contribution in [-0.4, -0.2) is 35.0 Å². The molecule has 4 heteroatoms. The Labute approximate surface area is 76.7 Å². The molecule has 0 fully saturated rings. The molecule has 74 valence electrons. The maximum atomic E-state index is 5.45. The molecule has 0 amide bonds. The summed E-state index contributed by atoms with van der Waals surface area (Å²) >= 11 is 0. The summed E-state index contributed by atoms with van der Waals surface area (Å²) in [6.07, 6.45) is 1.05. The van der Waals surface area contributed by atoms with Gasteiger partial charge in [0.2, 0.25) is 0 Å². The van der Waals surface area contributed by atoms with Crippen LogP contribution in [0.5, 0.6) is 0 Å². The van der Waals surface area contributed by atoms with Crippen molar-refractivity contribution in [3.63, 3.8) is 0 Å². The van der Waals surface area contributed by atoms with Crippen LogP contribution in [0.2, 0.25) is 6.55 Å². The van der Waals surface area contributed by atoms with Gasteiger partial charge in [-0.3, -0.25) is 0 Å². The summed E-state index contributed by atoms with van der Waals surface area (Å²) in [6, 6.07) is 0. The highest BCUT2D eigenvalue weighted by molar-refractivity contribution is 6.67. The summed E-state index contributed by atoms with van der Waals surface area (Å²) in [4.78, 5) is 0. The fraction of sp³-hybridized carbons (Fsp3) is 1.00. The van der Waals surface area contributed by atoms with Crippen molar-refractivity contribution in [3.05, 3.63) is 0 Å². The third kappa shape index (κ3) is 2.86. The number of hydrogen-bond donors (Lipinski definition) is 1. The Morgan fingerprint density at radius 3 is 2.00 bits per heavy atom. The quantitative estimate of drug-likeness (QED) is 0.642. The van der Waals surface area contributed by atoms with E-state index in [0.717, 1.165) is 13.0 Å². The number of nitrogens with one attached hydrogen (secondary N) is 1. The van der Waals surface area contributed by atoms with E-state index in [-0.39, 0.29) is 0 Å². The van der Waals surface area contributed by atoms with Crippen molar-refractivity contribution >= 4 is 8.56 Å². The van der Waals surface area contributed by atoms with Crippen LogP contribution in [0.25, 0.3) is 0 Å². The molecule has 0 aromatic heterocycles. The van der Waals surface area contributed by atoms with Crippen LogP contribution in [0.15, 0.2) is 0 Å². The minimum atomic E-state index is -1.96. The first-order chi connectivity index (χ1) is 5.64. The van der Waals surface area contributed by atoms with Crippen LogP contribution >= 0.6 is 0 Å². The summed E-state index contributed by atoms with van der Waals surface area (Å²) in [5, 5.41) is 3.39. The van der Waals surface area contributed by atoms with E-state index < -0.39 is 8.56 Å². The first-order valence-electron chi connectivity index (χ1n) is 4.48. The number of hydrogen-bond acceptors (Lipinski definition) is 3. The van der Waals surface area contributed by atoms with E-state index in [2.05, 4.69) is 25.7 Å². The SMILES string of the molecule is CCNC(CC)[Si](C)(OC)OC. The first kappa shape index (κ1) is 12.1. The van der Waals surface area contributed by atoms with Crippen molar-refractivity contribution in [1.82, 2.24) is 5.32 Å². The van der Waals surface area contributed by atoms with Crippen LogP contribution in [0.3, 0.4) is 0 Å². The Morgan fingerprint density at radius 2 is 1.75 bits per heavy atom. The smallest absolute Gasteiger partial charge is 0.351 e. The fourth-order valence-corrected chi connectivity index (χ4v) is 3.37. The zero-order chi connectivity index (χ0) is 9.61. The Hall–Kier alpha value is 0.0969. The fourth-order valence-electron chi connectivity index (χ4n) is 1.31. The molecule has 0 bridgehead atoms. The van der Waals surface area contributed by atoms with Gasteiger partial charge in [0.05, 0.1) is 5.67 Å². The van der Waals surface area contributed by atoms with Crippen LogP contribution in [0.4, 0.5) is 0 Å². The molecule has 0 spiro atoms. The Kier molecular flexibility index (Phi) is 5.74. The van der Waals surface area contributed by atoms with Gasteiger partial charge in [-0.25, -0.2) is 0 Å². The van der Waals surface area contributed by atoms with Gasteiger partial charge in [-0.2, -0.15) is 0 Å². The molecule has 0 radical (unpaired) electrons. The van der Waals surface area contributed by atoms with Gasteiger partial charge in [-0.05, 0) is 19.5 Å². The molecule has 0 saturated heterocycles. The molecule has 0 saturated carbocycles. The molecular formula is C8H21NO2Si. The van der Waals surface area contributed by atoms with Gasteiger partial charge < -0.3 is 14.2 Å². The second-order valence-corrected chi connectivity index (χ2v) is 6.49. The highest BCUT2D eigenvalue weighted by atomic mass is 28.4. The average Bonchev–Trinajstić information content (AvgIpc) is 2.13. The Bertz CT molecular complexity index is 118. The molecule has 0 aliphatic carbocycles. The Morgan fingerprint density at radius 1 is 1.25 bits per heavy atom. The maximum absolute atomic E-state index is 5.45. The van der Waals surface area contributed by atoms with Crippen molar-refractivity contribution < 1.29 is 8.85 Å². The van der Waals surface area contributed by atoms with E-state index >= 15 is 0 Å².